The molecule has 0 aliphatic heterocycles. The summed E-state index contributed by atoms with van der Waals surface area (Å²) >= 11 is 3.45. The average molecular weight is 274 g/mol. The van der Waals surface area contributed by atoms with Gasteiger partial charge in [-0.1, -0.05) is 51.4 Å². The van der Waals surface area contributed by atoms with Gasteiger partial charge in [-0.15, -0.1) is 4.91 Å². The first-order chi connectivity index (χ1) is 7.81. The molecule has 2 aromatic carbocycles. The van der Waals surface area contributed by atoms with Gasteiger partial charge in [-0.3, -0.25) is 0 Å². The van der Waals surface area contributed by atoms with E-state index in [1.165, 1.54) is 0 Å². The molecule has 0 radical (unpaired) electrons. The lowest BCUT2D eigenvalue weighted by atomic mass is 10.1. The van der Waals surface area contributed by atoms with E-state index in [1.54, 1.807) is 0 Å². The van der Waals surface area contributed by atoms with Crippen molar-refractivity contribution in [1.82, 2.24) is 0 Å². The predicted octanol–water partition coefficient (Wildman–Crippen LogP) is 4.29. The van der Waals surface area contributed by atoms with Crippen molar-refractivity contribution < 1.29 is 0 Å². The molecule has 0 aromatic heterocycles. The van der Waals surface area contributed by atoms with Gasteiger partial charge in [0.1, 0.15) is 6.04 Å². The van der Waals surface area contributed by atoms with Crippen LogP contribution in [0.5, 0.6) is 0 Å². The van der Waals surface area contributed by atoms with Crippen LogP contribution in [0.1, 0.15) is 17.2 Å². The van der Waals surface area contributed by atoms with Crippen LogP contribution in [0.25, 0.3) is 11.1 Å². The molecule has 0 bridgehead atoms. The van der Waals surface area contributed by atoms with E-state index >= 15 is 0 Å². The Morgan fingerprint density at radius 1 is 1.00 bits per heavy atom. The minimum absolute atomic E-state index is 0.348. The maximum atomic E-state index is 11.0. The van der Waals surface area contributed by atoms with Gasteiger partial charge in [-0.25, -0.2) is 0 Å². The normalized spacial score (nSPS) is 16.7. The largest absolute Gasteiger partial charge is 0.150 e. The summed E-state index contributed by atoms with van der Waals surface area (Å²) in [6, 6.07) is 13.5. The molecule has 1 aliphatic rings. The molecule has 2 aromatic rings. The van der Waals surface area contributed by atoms with Crippen LogP contribution < -0.4 is 0 Å². The third kappa shape index (κ3) is 1.25. The van der Waals surface area contributed by atoms with Crippen molar-refractivity contribution in [3.63, 3.8) is 0 Å². The van der Waals surface area contributed by atoms with Gasteiger partial charge < -0.3 is 0 Å². The van der Waals surface area contributed by atoms with Crippen molar-refractivity contribution in [2.24, 2.45) is 5.18 Å². The summed E-state index contributed by atoms with van der Waals surface area (Å²) in [5.74, 6) is 0. The smallest absolute Gasteiger partial charge is 0.143 e. The molecule has 0 heterocycles. The van der Waals surface area contributed by atoms with Crippen LogP contribution in [0.4, 0.5) is 0 Å². The van der Waals surface area contributed by atoms with Crippen LogP contribution in [-0.2, 0) is 0 Å². The Balaban J connectivity index is 2.34. The number of nitrogens with zero attached hydrogens (tertiary/aromatic N) is 1. The second-order valence-corrected chi connectivity index (χ2v) is 4.74. The van der Waals surface area contributed by atoms with Crippen molar-refractivity contribution in [3.05, 3.63) is 63.0 Å². The number of rotatable bonds is 1. The lowest BCUT2D eigenvalue weighted by Crippen LogP contribution is -1.90. The summed E-state index contributed by atoms with van der Waals surface area (Å²) in [4.78, 5) is 11.0. The number of halogens is 1. The zero-order chi connectivity index (χ0) is 11.1. The monoisotopic (exact) mass is 273 g/mol. The quantitative estimate of drug-likeness (QED) is 0.713. The van der Waals surface area contributed by atoms with Crippen molar-refractivity contribution in [2.75, 3.05) is 0 Å². The molecular weight excluding hydrogens is 266 g/mol. The van der Waals surface area contributed by atoms with Crippen molar-refractivity contribution in [3.8, 4) is 11.1 Å². The summed E-state index contributed by atoms with van der Waals surface area (Å²) in [7, 11) is 0. The van der Waals surface area contributed by atoms with E-state index in [4.69, 9.17) is 0 Å². The molecule has 0 fully saturated rings. The van der Waals surface area contributed by atoms with Crippen LogP contribution >= 0.6 is 15.9 Å². The third-order valence-electron chi connectivity index (χ3n) is 2.96. The standard InChI is InChI=1S/C13H8BrNO/c14-8-5-6-11-12(7-8)9-3-1-2-4-10(9)13(11)15-16/h1-7,13H. The Kier molecular flexibility index (Phi) is 2.14. The van der Waals surface area contributed by atoms with E-state index < -0.39 is 0 Å². The fourth-order valence-electron chi connectivity index (χ4n) is 2.26. The van der Waals surface area contributed by atoms with Gasteiger partial charge >= 0.3 is 0 Å². The highest BCUT2D eigenvalue weighted by Gasteiger charge is 2.28. The molecule has 0 amide bonds. The van der Waals surface area contributed by atoms with Gasteiger partial charge in [0.15, 0.2) is 0 Å². The molecule has 3 heteroatoms. The summed E-state index contributed by atoms with van der Waals surface area (Å²) < 4.78 is 1.02. The topological polar surface area (TPSA) is 29.4 Å². The first-order valence-electron chi connectivity index (χ1n) is 5.02. The van der Waals surface area contributed by atoms with Crippen molar-refractivity contribution in [1.29, 1.82) is 0 Å². The minimum atomic E-state index is -0.348. The van der Waals surface area contributed by atoms with Crippen LogP contribution in [0.15, 0.2) is 52.1 Å². The lowest BCUT2D eigenvalue weighted by molar-refractivity contribution is 0.891. The molecule has 0 saturated heterocycles. The molecule has 1 atom stereocenters. The van der Waals surface area contributed by atoms with E-state index in [-0.39, 0.29) is 6.04 Å². The van der Waals surface area contributed by atoms with Gasteiger partial charge in [-0.2, -0.15) is 0 Å². The third-order valence-corrected chi connectivity index (χ3v) is 3.45. The van der Waals surface area contributed by atoms with Gasteiger partial charge in [-0.05, 0) is 34.4 Å². The Morgan fingerprint density at radius 3 is 2.56 bits per heavy atom. The Bertz CT molecular complexity index is 580. The number of fused-ring (bicyclic) bond motifs is 3. The first-order valence-corrected chi connectivity index (χ1v) is 5.82. The molecular formula is C13H8BrNO. The Labute approximate surface area is 101 Å². The SMILES string of the molecule is O=NC1c2ccccc2-c2cc(Br)ccc21. The van der Waals surface area contributed by atoms with E-state index in [1.807, 2.05) is 42.5 Å². The van der Waals surface area contributed by atoms with Crippen LogP contribution in [0.2, 0.25) is 0 Å². The van der Waals surface area contributed by atoms with E-state index in [9.17, 15) is 4.91 Å². The molecule has 0 N–H and O–H groups in total. The first kappa shape index (κ1) is 9.73. The van der Waals surface area contributed by atoms with Crippen LogP contribution in [0.3, 0.4) is 0 Å². The van der Waals surface area contributed by atoms with Crippen molar-refractivity contribution >= 4 is 15.9 Å². The Hall–Kier alpha value is -1.48. The minimum Gasteiger partial charge on any atom is -0.150 e. The van der Waals surface area contributed by atoms with Crippen molar-refractivity contribution in [2.45, 2.75) is 6.04 Å². The summed E-state index contributed by atoms with van der Waals surface area (Å²) in [5.41, 5.74) is 4.22. The number of hydrogen-bond acceptors (Lipinski definition) is 2. The van der Waals surface area contributed by atoms with E-state index in [2.05, 4.69) is 21.1 Å². The highest BCUT2D eigenvalue weighted by molar-refractivity contribution is 9.10. The zero-order valence-electron chi connectivity index (χ0n) is 8.35. The highest BCUT2D eigenvalue weighted by Crippen LogP contribution is 2.45. The van der Waals surface area contributed by atoms with Crippen LogP contribution in [-0.4, -0.2) is 0 Å². The fraction of sp³-hybridized carbons (Fsp3) is 0.0769. The van der Waals surface area contributed by atoms with E-state index in [0.29, 0.717) is 0 Å². The van der Waals surface area contributed by atoms with Gasteiger partial charge in [0.25, 0.3) is 0 Å². The van der Waals surface area contributed by atoms with E-state index in [0.717, 1.165) is 26.7 Å². The number of nitroso groups, excluding NO2 is 1. The molecule has 3 rings (SSSR count). The average Bonchev–Trinajstić information content (AvgIpc) is 2.62. The summed E-state index contributed by atoms with van der Waals surface area (Å²) in [6.07, 6.45) is 0. The van der Waals surface area contributed by atoms with Gasteiger partial charge in [0.05, 0.1) is 0 Å². The lowest BCUT2D eigenvalue weighted by Gasteiger charge is -2.02. The molecule has 1 unspecified atom stereocenters. The molecule has 0 spiro atoms. The molecule has 2 nitrogen and oxygen atoms in total. The van der Waals surface area contributed by atoms with Crippen LogP contribution in [0, 0.1) is 4.91 Å². The second-order valence-electron chi connectivity index (χ2n) is 3.83. The number of benzene rings is 2. The predicted molar refractivity (Wildman–Crippen MR) is 67.2 cm³/mol. The fourth-order valence-corrected chi connectivity index (χ4v) is 2.62. The maximum Gasteiger partial charge on any atom is 0.143 e. The zero-order valence-corrected chi connectivity index (χ0v) is 9.94. The maximum absolute atomic E-state index is 11.0. The summed E-state index contributed by atoms with van der Waals surface area (Å²) in [6.45, 7) is 0. The Morgan fingerprint density at radius 2 is 1.75 bits per heavy atom. The number of hydrogen-bond donors (Lipinski definition) is 0. The van der Waals surface area contributed by atoms with Gasteiger partial charge in [0.2, 0.25) is 0 Å². The molecule has 0 saturated carbocycles. The summed E-state index contributed by atoms with van der Waals surface area (Å²) in [5, 5.41) is 3.23. The molecule has 16 heavy (non-hydrogen) atoms. The molecule has 1 aliphatic carbocycles. The highest BCUT2D eigenvalue weighted by atomic mass is 79.9. The van der Waals surface area contributed by atoms with Gasteiger partial charge in [0, 0.05) is 4.47 Å². The molecule has 78 valence electrons. The second kappa shape index (κ2) is 3.52.